The number of nitrogens with zero attached hydrogens (tertiary/aromatic N) is 1. The molecule has 114 valence electrons. The minimum absolute atomic E-state index is 0.185. The first-order valence-corrected chi connectivity index (χ1v) is 8.00. The van der Waals surface area contributed by atoms with Crippen molar-refractivity contribution < 1.29 is 12.8 Å². The number of aromatic nitrogens is 1. The van der Waals surface area contributed by atoms with Crippen LogP contribution in [0.1, 0.15) is 11.3 Å². The molecule has 0 radical (unpaired) electrons. The van der Waals surface area contributed by atoms with Crippen molar-refractivity contribution in [3.63, 3.8) is 0 Å². The number of sulfonamides is 1. The van der Waals surface area contributed by atoms with E-state index in [9.17, 15) is 12.8 Å². The molecule has 0 atom stereocenters. The minimum Gasteiger partial charge on any atom is -0.352 e. The molecule has 0 aliphatic carbocycles. The SMILES string of the molecule is Cn1cc(S(=O)(=O)NCCc2cccc(F)c2)cc1CN. The van der Waals surface area contributed by atoms with E-state index in [0.717, 1.165) is 11.3 Å². The molecule has 1 aromatic heterocycles. The quantitative estimate of drug-likeness (QED) is 0.840. The van der Waals surface area contributed by atoms with Gasteiger partial charge in [-0.2, -0.15) is 0 Å². The van der Waals surface area contributed by atoms with Crippen molar-refractivity contribution in [3.8, 4) is 0 Å². The van der Waals surface area contributed by atoms with E-state index in [-0.39, 0.29) is 23.8 Å². The van der Waals surface area contributed by atoms with Crippen molar-refractivity contribution in [2.24, 2.45) is 12.8 Å². The molecule has 0 aliphatic heterocycles. The molecular weight excluding hydrogens is 293 g/mol. The molecule has 1 heterocycles. The van der Waals surface area contributed by atoms with Crippen LogP contribution in [0.5, 0.6) is 0 Å². The number of rotatable bonds is 6. The Balaban J connectivity index is 2.01. The third-order valence-corrected chi connectivity index (χ3v) is 4.63. The van der Waals surface area contributed by atoms with Crippen molar-refractivity contribution in [3.05, 3.63) is 53.6 Å². The maximum atomic E-state index is 13.0. The van der Waals surface area contributed by atoms with Gasteiger partial charge in [0, 0.05) is 32.0 Å². The molecule has 7 heteroatoms. The second-order valence-electron chi connectivity index (χ2n) is 4.76. The summed E-state index contributed by atoms with van der Waals surface area (Å²) in [5.74, 6) is -0.328. The van der Waals surface area contributed by atoms with Crippen molar-refractivity contribution in [1.29, 1.82) is 0 Å². The summed E-state index contributed by atoms with van der Waals surface area (Å²) in [6.45, 7) is 0.480. The fourth-order valence-electron chi connectivity index (χ4n) is 2.03. The highest BCUT2D eigenvalue weighted by atomic mass is 32.2. The first-order chi connectivity index (χ1) is 9.92. The Bertz CT molecular complexity index is 726. The van der Waals surface area contributed by atoms with Gasteiger partial charge in [0.1, 0.15) is 5.82 Å². The molecule has 2 aromatic rings. The lowest BCUT2D eigenvalue weighted by atomic mass is 10.1. The number of nitrogens with one attached hydrogen (secondary N) is 1. The van der Waals surface area contributed by atoms with Crippen molar-refractivity contribution in [1.82, 2.24) is 9.29 Å². The molecule has 1 aromatic carbocycles. The maximum Gasteiger partial charge on any atom is 0.242 e. The Hall–Kier alpha value is -1.70. The van der Waals surface area contributed by atoms with Gasteiger partial charge in [-0.15, -0.1) is 0 Å². The van der Waals surface area contributed by atoms with E-state index in [0.29, 0.717) is 6.42 Å². The highest BCUT2D eigenvalue weighted by Crippen LogP contribution is 2.13. The zero-order valence-electron chi connectivity index (χ0n) is 11.7. The fraction of sp³-hybridized carbons (Fsp3) is 0.286. The lowest BCUT2D eigenvalue weighted by molar-refractivity contribution is 0.581. The Morgan fingerprint density at radius 2 is 2.10 bits per heavy atom. The number of hydrogen-bond donors (Lipinski definition) is 2. The van der Waals surface area contributed by atoms with Crippen molar-refractivity contribution >= 4 is 10.0 Å². The third kappa shape index (κ3) is 3.90. The highest BCUT2D eigenvalue weighted by molar-refractivity contribution is 7.89. The monoisotopic (exact) mass is 311 g/mol. The van der Waals surface area contributed by atoms with Gasteiger partial charge in [-0.3, -0.25) is 0 Å². The van der Waals surface area contributed by atoms with E-state index in [4.69, 9.17) is 5.73 Å². The molecule has 2 rings (SSSR count). The average Bonchev–Trinajstić information content (AvgIpc) is 2.81. The second-order valence-corrected chi connectivity index (χ2v) is 6.53. The maximum absolute atomic E-state index is 13.0. The topological polar surface area (TPSA) is 77.1 Å². The van der Waals surface area contributed by atoms with E-state index in [1.807, 2.05) is 0 Å². The predicted molar refractivity (Wildman–Crippen MR) is 78.6 cm³/mol. The number of benzene rings is 1. The normalized spacial score (nSPS) is 11.8. The molecule has 0 fully saturated rings. The summed E-state index contributed by atoms with van der Waals surface area (Å²) >= 11 is 0. The van der Waals surface area contributed by atoms with E-state index >= 15 is 0 Å². The van der Waals surface area contributed by atoms with E-state index in [1.165, 1.54) is 18.3 Å². The van der Waals surface area contributed by atoms with Crippen LogP contribution in [-0.4, -0.2) is 19.5 Å². The van der Waals surface area contributed by atoms with Crippen LogP contribution < -0.4 is 10.5 Å². The summed E-state index contributed by atoms with van der Waals surface area (Å²) in [4.78, 5) is 0.185. The van der Waals surface area contributed by atoms with Gasteiger partial charge in [0.2, 0.25) is 10.0 Å². The van der Waals surface area contributed by atoms with Crippen molar-refractivity contribution in [2.45, 2.75) is 17.9 Å². The van der Waals surface area contributed by atoms with Gasteiger partial charge in [0.15, 0.2) is 0 Å². The fourth-order valence-corrected chi connectivity index (χ4v) is 3.16. The van der Waals surface area contributed by atoms with Crippen LogP contribution in [0.3, 0.4) is 0 Å². The average molecular weight is 311 g/mol. The second kappa shape index (κ2) is 6.38. The zero-order chi connectivity index (χ0) is 15.5. The molecule has 0 spiro atoms. The van der Waals surface area contributed by atoms with Gasteiger partial charge in [0.25, 0.3) is 0 Å². The van der Waals surface area contributed by atoms with Crippen LogP contribution in [0.25, 0.3) is 0 Å². The Labute approximate surface area is 123 Å². The molecular formula is C14H18FN3O2S. The summed E-state index contributed by atoms with van der Waals surface area (Å²) in [5, 5.41) is 0. The first-order valence-electron chi connectivity index (χ1n) is 6.52. The molecule has 21 heavy (non-hydrogen) atoms. The van der Waals surface area contributed by atoms with Crippen LogP contribution in [0, 0.1) is 5.82 Å². The Kier molecular flexibility index (Phi) is 4.76. The Morgan fingerprint density at radius 1 is 1.33 bits per heavy atom. The van der Waals surface area contributed by atoms with Crippen molar-refractivity contribution in [2.75, 3.05) is 6.54 Å². The van der Waals surface area contributed by atoms with Gasteiger partial charge in [-0.1, -0.05) is 12.1 Å². The largest absolute Gasteiger partial charge is 0.352 e. The number of hydrogen-bond acceptors (Lipinski definition) is 3. The van der Waals surface area contributed by atoms with E-state index < -0.39 is 10.0 Å². The standard InChI is InChI=1S/C14H18FN3O2S/c1-18-10-14(8-13(18)9-16)21(19,20)17-6-5-11-3-2-4-12(15)7-11/h2-4,7-8,10,17H,5-6,9,16H2,1H3. The smallest absolute Gasteiger partial charge is 0.242 e. The van der Waals surface area contributed by atoms with Crippen LogP contribution in [0.2, 0.25) is 0 Å². The zero-order valence-corrected chi connectivity index (χ0v) is 12.5. The van der Waals surface area contributed by atoms with Gasteiger partial charge in [-0.25, -0.2) is 17.5 Å². The summed E-state index contributed by atoms with van der Waals surface area (Å²) in [7, 11) is -1.83. The summed E-state index contributed by atoms with van der Waals surface area (Å²) in [6.07, 6.45) is 1.94. The predicted octanol–water partition coefficient (Wildman–Crippen LogP) is 1.14. The molecule has 0 unspecified atom stereocenters. The van der Waals surface area contributed by atoms with Gasteiger partial charge < -0.3 is 10.3 Å². The lowest BCUT2D eigenvalue weighted by Gasteiger charge is -2.05. The number of halogens is 1. The van der Waals surface area contributed by atoms with E-state index in [1.54, 1.807) is 29.8 Å². The molecule has 0 aliphatic rings. The summed E-state index contributed by atoms with van der Waals surface area (Å²) < 4.78 is 41.5. The van der Waals surface area contributed by atoms with Gasteiger partial charge in [0.05, 0.1) is 4.90 Å². The molecule has 0 saturated heterocycles. The van der Waals surface area contributed by atoms with Crippen LogP contribution >= 0.6 is 0 Å². The molecule has 0 bridgehead atoms. The summed E-state index contributed by atoms with van der Waals surface area (Å²) in [6, 6.07) is 7.65. The first kappa shape index (κ1) is 15.7. The molecule has 5 nitrogen and oxygen atoms in total. The van der Waals surface area contributed by atoms with Gasteiger partial charge in [-0.05, 0) is 30.2 Å². The number of nitrogens with two attached hydrogens (primary N) is 1. The minimum atomic E-state index is -3.57. The molecule has 0 saturated carbocycles. The van der Waals surface area contributed by atoms with Crippen LogP contribution in [-0.2, 0) is 30.0 Å². The molecule has 0 amide bonds. The van der Waals surface area contributed by atoms with Crippen LogP contribution in [0.15, 0.2) is 41.4 Å². The highest BCUT2D eigenvalue weighted by Gasteiger charge is 2.16. The van der Waals surface area contributed by atoms with Gasteiger partial charge >= 0.3 is 0 Å². The lowest BCUT2D eigenvalue weighted by Crippen LogP contribution is -2.25. The summed E-state index contributed by atoms with van der Waals surface area (Å²) in [5.41, 5.74) is 7.01. The van der Waals surface area contributed by atoms with E-state index in [2.05, 4.69) is 4.72 Å². The number of aryl methyl sites for hydroxylation is 1. The Morgan fingerprint density at radius 3 is 2.71 bits per heavy atom. The molecule has 3 N–H and O–H groups in total. The third-order valence-electron chi connectivity index (χ3n) is 3.20. The van der Waals surface area contributed by atoms with Crippen LogP contribution in [0.4, 0.5) is 4.39 Å².